The van der Waals surface area contributed by atoms with E-state index >= 15 is 0 Å². The minimum Gasteiger partial charge on any atom is -0.478 e. The minimum atomic E-state index is -0.253. The third-order valence-corrected chi connectivity index (χ3v) is 5.35. The van der Waals surface area contributed by atoms with Crippen molar-refractivity contribution in [2.24, 2.45) is 10.3 Å². The molecular weight excluding hydrogens is 376 g/mol. The Bertz CT molecular complexity index is 887. The number of rotatable bonds is 5. The molecule has 1 aliphatic heterocycles. The second kappa shape index (κ2) is 10.5. The fourth-order valence-corrected chi connectivity index (χ4v) is 4.13. The van der Waals surface area contributed by atoms with Crippen molar-refractivity contribution in [1.82, 2.24) is 20.9 Å². The largest absolute Gasteiger partial charge is 0.478 e. The van der Waals surface area contributed by atoms with E-state index in [1.54, 1.807) is 0 Å². The molecule has 2 aliphatic rings. The maximum atomic E-state index is 5.68. The molecule has 0 radical (unpaired) electrons. The highest BCUT2D eigenvalue weighted by molar-refractivity contribution is 5.74. The molecule has 1 atom stereocenters. The average Bonchev–Trinajstić information content (AvgIpc) is 3.19. The Kier molecular flexibility index (Phi) is 7.74. The highest BCUT2D eigenvalue weighted by Crippen LogP contribution is 2.41. The van der Waals surface area contributed by atoms with Crippen molar-refractivity contribution in [1.29, 1.82) is 0 Å². The molecule has 0 saturated heterocycles. The molecule has 0 aromatic carbocycles. The number of pyridine rings is 2. The van der Waals surface area contributed by atoms with E-state index in [0.29, 0.717) is 12.5 Å². The Hall–Kier alpha value is -2.54. The SMILES string of the molecule is CC.CCOc1cc(-c2c3c(nc(C(C)C)c2C2N=NNN2)CCCCC3)ccn1.[HH]. The molecule has 0 saturated carbocycles. The number of ether oxygens (including phenoxy) is 1. The van der Waals surface area contributed by atoms with Gasteiger partial charge in [-0.1, -0.05) is 39.3 Å². The van der Waals surface area contributed by atoms with Crippen LogP contribution in [-0.2, 0) is 12.8 Å². The van der Waals surface area contributed by atoms with Gasteiger partial charge < -0.3 is 4.74 Å². The first-order valence-electron chi connectivity index (χ1n) is 11.2. The molecule has 0 fully saturated rings. The number of nitrogens with zero attached hydrogens (tertiary/aromatic N) is 4. The van der Waals surface area contributed by atoms with Crippen molar-refractivity contribution >= 4 is 0 Å². The van der Waals surface area contributed by atoms with Gasteiger partial charge in [-0.15, -0.1) is 5.11 Å². The topological polar surface area (TPSA) is 83.8 Å². The number of hydrogen-bond donors (Lipinski definition) is 2. The number of hydrogen-bond acceptors (Lipinski definition) is 7. The third-order valence-electron chi connectivity index (χ3n) is 5.35. The van der Waals surface area contributed by atoms with Crippen LogP contribution < -0.4 is 15.7 Å². The van der Waals surface area contributed by atoms with Crippen molar-refractivity contribution in [3.8, 4) is 17.0 Å². The quantitative estimate of drug-likeness (QED) is 0.617. The first-order chi connectivity index (χ1) is 14.7. The van der Waals surface area contributed by atoms with Gasteiger partial charge in [-0.05, 0) is 61.3 Å². The van der Waals surface area contributed by atoms with Gasteiger partial charge in [0, 0.05) is 24.9 Å². The zero-order valence-electron chi connectivity index (χ0n) is 18.8. The molecule has 1 unspecified atom stereocenters. The maximum Gasteiger partial charge on any atom is 0.213 e. The molecule has 7 heteroatoms. The summed E-state index contributed by atoms with van der Waals surface area (Å²) < 4.78 is 5.68. The molecule has 2 aromatic heterocycles. The predicted molar refractivity (Wildman–Crippen MR) is 121 cm³/mol. The van der Waals surface area contributed by atoms with Gasteiger partial charge in [0.2, 0.25) is 5.88 Å². The molecule has 0 amide bonds. The van der Waals surface area contributed by atoms with E-state index in [0.717, 1.165) is 29.7 Å². The third kappa shape index (κ3) is 4.61. The fraction of sp³-hybridized carbons (Fsp3) is 0.565. The molecule has 1 aliphatic carbocycles. The summed E-state index contributed by atoms with van der Waals surface area (Å²) >= 11 is 0. The van der Waals surface area contributed by atoms with E-state index in [2.05, 4.69) is 46.2 Å². The summed E-state index contributed by atoms with van der Waals surface area (Å²) in [5, 5.41) is 8.34. The Morgan fingerprint density at radius 3 is 2.70 bits per heavy atom. The van der Waals surface area contributed by atoms with E-state index in [1.807, 2.05) is 33.0 Å². The number of aromatic nitrogens is 2. The second-order valence-corrected chi connectivity index (χ2v) is 7.62. The lowest BCUT2D eigenvalue weighted by molar-refractivity contribution is 0.327. The van der Waals surface area contributed by atoms with Gasteiger partial charge in [0.25, 0.3) is 0 Å². The smallest absolute Gasteiger partial charge is 0.213 e. The summed E-state index contributed by atoms with van der Waals surface area (Å²) in [7, 11) is 0. The summed E-state index contributed by atoms with van der Waals surface area (Å²) in [6.07, 6.45) is 7.26. The molecule has 30 heavy (non-hydrogen) atoms. The van der Waals surface area contributed by atoms with Crippen LogP contribution in [0.1, 0.15) is 89.9 Å². The van der Waals surface area contributed by atoms with Gasteiger partial charge in [-0.3, -0.25) is 4.98 Å². The Balaban J connectivity index is 0.00000111. The van der Waals surface area contributed by atoms with E-state index < -0.39 is 0 Å². The summed E-state index contributed by atoms with van der Waals surface area (Å²) in [4.78, 5) is 9.51. The number of aryl methyl sites for hydroxylation is 1. The molecule has 7 nitrogen and oxygen atoms in total. The molecular formula is C23H36N6O. The van der Waals surface area contributed by atoms with Crippen molar-refractivity contribution in [2.45, 2.75) is 78.8 Å². The Morgan fingerprint density at radius 2 is 2.00 bits per heavy atom. The van der Waals surface area contributed by atoms with E-state index in [9.17, 15) is 0 Å². The average molecular weight is 413 g/mol. The van der Waals surface area contributed by atoms with E-state index in [4.69, 9.17) is 9.72 Å². The van der Waals surface area contributed by atoms with Gasteiger partial charge in [0.05, 0.1) is 12.3 Å². The second-order valence-electron chi connectivity index (χ2n) is 7.62. The summed E-state index contributed by atoms with van der Waals surface area (Å²) in [6, 6.07) is 4.10. The normalized spacial score (nSPS) is 17.6. The first kappa shape index (κ1) is 22.2. The first-order valence-corrected chi connectivity index (χ1v) is 11.2. The molecule has 2 aromatic rings. The van der Waals surface area contributed by atoms with Gasteiger partial charge in [0.1, 0.15) is 0 Å². The van der Waals surface area contributed by atoms with Crippen LogP contribution in [-0.4, -0.2) is 16.6 Å². The number of fused-ring (bicyclic) bond motifs is 1. The minimum absolute atomic E-state index is 0. The Morgan fingerprint density at radius 1 is 1.20 bits per heavy atom. The van der Waals surface area contributed by atoms with Crippen LogP contribution in [0, 0.1) is 0 Å². The van der Waals surface area contributed by atoms with Crippen molar-refractivity contribution in [3.05, 3.63) is 40.8 Å². The predicted octanol–water partition coefficient (Wildman–Crippen LogP) is 5.68. The van der Waals surface area contributed by atoms with Gasteiger partial charge in [0.15, 0.2) is 6.17 Å². The van der Waals surface area contributed by atoms with Gasteiger partial charge in [-0.2, -0.15) is 5.43 Å². The molecule has 0 bridgehead atoms. The molecule has 4 rings (SSSR count). The highest BCUT2D eigenvalue weighted by atomic mass is 16.5. The zero-order valence-corrected chi connectivity index (χ0v) is 18.8. The van der Waals surface area contributed by atoms with Gasteiger partial charge in [-0.25, -0.2) is 10.5 Å². The number of nitrogens with one attached hydrogen (secondary N) is 2. The molecule has 164 valence electrons. The zero-order chi connectivity index (χ0) is 21.5. The summed E-state index contributed by atoms with van der Waals surface area (Å²) in [5.74, 6) is 0.934. The highest BCUT2D eigenvalue weighted by Gasteiger charge is 2.29. The van der Waals surface area contributed by atoms with Crippen LogP contribution in [0.2, 0.25) is 0 Å². The standard InChI is InChI=1S/C21H28N6O.C2H6.H2/c1-4-28-17-12-14(10-11-22-17)18-15-8-6-5-7-9-16(15)23-20(13(2)3)19(18)21-24-26-27-25-21;1-2;/h10-13,21H,4-9H2,1-3H3,(H,24,27)(H,25,26);1-2H3;1H. The lowest BCUT2D eigenvalue weighted by Gasteiger charge is -2.24. The van der Waals surface area contributed by atoms with Crippen molar-refractivity contribution in [3.63, 3.8) is 0 Å². The lowest BCUT2D eigenvalue weighted by Crippen LogP contribution is -2.26. The van der Waals surface area contributed by atoms with E-state index in [1.165, 1.54) is 36.1 Å². The van der Waals surface area contributed by atoms with Crippen LogP contribution in [0.5, 0.6) is 5.88 Å². The van der Waals surface area contributed by atoms with Crippen LogP contribution in [0.4, 0.5) is 0 Å². The summed E-state index contributed by atoms with van der Waals surface area (Å²) in [6.45, 7) is 11.0. The van der Waals surface area contributed by atoms with Crippen LogP contribution in [0.25, 0.3) is 11.1 Å². The molecule has 2 N–H and O–H groups in total. The fourth-order valence-electron chi connectivity index (χ4n) is 4.13. The van der Waals surface area contributed by atoms with Crippen molar-refractivity contribution < 1.29 is 6.16 Å². The van der Waals surface area contributed by atoms with Crippen LogP contribution in [0.15, 0.2) is 28.7 Å². The van der Waals surface area contributed by atoms with Crippen molar-refractivity contribution in [2.75, 3.05) is 6.61 Å². The lowest BCUT2D eigenvalue weighted by atomic mass is 9.87. The Labute approximate surface area is 181 Å². The summed E-state index contributed by atoms with van der Waals surface area (Å²) in [5.41, 5.74) is 13.1. The number of hydrazine groups is 1. The van der Waals surface area contributed by atoms with Crippen LogP contribution in [0.3, 0.4) is 0 Å². The monoisotopic (exact) mass is 412 g/mol. The maximum absolute atomic E-state index is 5.68. The van der Waals surface area contributed by atoms with E-state index in [-0.39, 0.29) is 13.5 Å². The molecule has 3 heterocycles. The molecule has 0 spiro atoms. The van der Waals surface area contributed by atoms with Crippen LogP contribution >= 0.6 is 0 Å². The van der Waals surface area contributed by atoms with Gasteiger partial charge >= 0.3 is 0 Å².